The SMILES string of the molecule is Cc1cccc(CNCC(F)(F)F)c1F. The standard InChI is InChI=1S/C10H11F4N/c1-7-3-2-4-8(9(7)11)5-15-6-10(12,13)14/h2-4,15H,5-6H2,1H3. The van der Waals surface area contributed by atoms with Crippen molar-refractivity contribution in [3.8, 4) is 0 Å². The Balaban J connectivity index is 2.55. The molecule has 1 aromatic rings. The van der Waals surface area contributed by atoms with Gasteiger partial charge in [0.1, 0.15) is 5.82 Å². The molecule has 0 heterocycles. The van der Waals surface area contributed by atoms with E-state index in [4.69, 9.17) is 0 Å². The van der Waals surface area contributed by atoms with Gasteiger partial charge in [0, 0.05) is 12.1 Å². The van der Waals surface area contributed by atoms with Gasteiger partial charge in [-0.25, -0.2) is 4.39 Å². The first kappa shape index (κ1) is 12.0. The lowest BCUT2D eigenvalue weighted by atomic mass is 10.1. The number of aryl methyl sites for hydroxylation is 1. The highest BCUT2D eigenvalue weighted by Crippen LogP contribution is 2.14. The van der Waals surface area contributed by atoms with Crippen LogP contribution in [0.25, 0.3) is 0 Å². The second-order valence-electron chi connectivity index (χ2n) is 3.27. The van der Waals surface area contributed by atoms with Crippen LogP contribution < -0.4 is 5.32 Å². The van der Waals surface area contributed by atoms with E-state index >= 15 is 0 Å². The van der Waals surface area contributed by atoms with E-state index in [1.807, 2.05) is 0 Å². The van der Waals surface area contributed by atoms with Crippen molar-refractivity contribution in [1.29, 1.82) is 0 Å². The Morgan fingerprint density at radius 3 is 2.53 bits per heavy atom. The molecule has 0 unspecified atom stereocenters. The lowest BCUT2D eigenvalue weighted by Crippen LogP contribution is -2.28. The zero-order valence-corrected chi connectivity index (χ0v) is 8.16. The number of halogens is 4. The quantitative estimate of drug-likeness (QED) is 0.774. The van der Waals surface area contributed by atoms with Crippen LogP contribution in [0.3, 0.4) is 0 Å². The zero-order chi connectivity index (χ0) is 11.5. The summed E-state index contributed by atoms with van der Waals surface area (Å²) in [7, 11) is 0. The highest BCUT2D eigenvalue weighted by molar-refractivity contribution is 5.24. The molecule has 1 N–H and O–H groups in total. The van der Waals surface area contributed by atoms with Crippen LogP contribution in [0.5, 0.6) is 0 Å². The molecule has 1 aromatic carbocycles. The molecule has 0 saturated carbocycles. The molecule has 1 nitrogen and oxygen atoms in total. The van der Waals surface area contributed by atoms with Crippen molar-refractivity contribution in [1.82, 2.24) is 5.32 Å². The van der Waals surface area contributed by atoms with Crippen LogP contribution in [0.1, 0.15) is 11.1 Å². The summed E-state index contributed by atoms with van der Waals surface area (Å²) in [5.74, 6) is -0.452. The molecule has 0 spiro atoms. The fourth-order valence-corrected chi connectivity index (χ4v) is 1.18. The van der Waals surface area contributed by atoms with Crippen molar-refractivity contribution < 1.29 is 17.6 Å². The number of rotatable bonds is 3. The maximum absolute atomic E-state index is 13.3. The van der Waals surface area contributed by atoms with E-state index in [-0.39, 0.29) is 12.1 Å². The summed E-state index contributed by atoms with van der Waals surface area (Å²) in [6, 6.07) is 4.65. The van der Waals surface area contributed by atoms with E-state index in [9.17, 15) is 17.6 Å². The predicted molar refractivity (Wildman–Crippen MR) is 48.9 cm³/mol. The van der Waals surface area contributed by atoms with E-state index in [0.717, 1.165) is 0 Å². The first-order chi connectivity index (χ1) is 6.90. The highest BCUT2D eigenvalue weighted by Gasteiger charge is 2.26. The Kier molecular flexibility index (Phi) is 3.68. The first-order valence-corrected chi connectivity index (χ1v) is 4.41. The van der Waals surface area contributed by atoms with Crippen molar-refractivity contribution in [2.45, 2.75) is 19.6 Å². The number of benzene rings is 1. The van der Waals surface area contributed by atoms with Crippen molar-refractivity contribution in [2.75, 3.05) is 6.54 Å². The molecule has 84 valence electrons. The monoisotopic (exact) mass is 221 g/mol. The molecule has 5 heteroatoms. The van der Waals surface area contributed by atoms with Crippen molar-refractivity contribution in [3.05, 3.63) is 35.1 Å². The fourth-order valence-electron chi connectivity index (χ4n) is 1.18. The maximum atomic E-state index is 13.3. The topological polar surface area (TPSA) is 12.0 Å². The van der Waals surface area contributed by atoms with Gasteiger partial charge in [-0.15, -0.1) is 0 Å². The average molecular weight is 221 g/mol. The smallest absolute Gasteiger partial charge is 0.304 e. The maximum Gasteiger partial charge on any atom is 0.401 e. The zero-order valence-electron chi connectivity index (χ0n) is 8.16. The van der Waals surface area contributed by atoms with Crippen LogP contribution in [0.15, 0.2) is 18.2 Å². The lowest BCUT2D eigenvalue weighted by Gasteiger charge is -2.09. The summed E-state index contributed by atoms with van der Waals surface area (Å²) in [6.45, 7) is 0.343. The van der Waals surface area contributed by atoms with Crippen molar-refractivity contribution >= 4 is 0 Å². The van der Waals surface area contributed by atoms with Crippen molar-refractivity contribution in [2.24, 2.45) is 0 Å². The first-order valence-electron chi connectivity index (χ1n) is 4.41. The van der Waals surface area contributed by atoms with Gasteiger partial charge < -0.3 is 5.32 Å². The minimum absolute atomic E-state index is 0.118. The van der Waals surface area contributed by atoms with Gasteiger partial charge in [0.05, 0.1) is 6.54 Å². The number of hydrogen-bond acceptors (Lipinski definition) is 1. The molecule has 0 aliphatic rings. The van der Waals surface area contributed by atoms with Crippen LogP contribution in [-0.2, 0) is 6.54 Å². The molecule has 0 amide bonds. The molecule has 0 aliphatic carbocycles. The third-order valence-corrected chi connectivity index (χ3v) is 1.91. The van der Waals surface area contributed by atoms with Crippen molar-refractivity contribution in [3.63, 3.8) is 0 Å². The Labute approximate surface area is 85.1 Å². The van der Waals surface area contributed by atoms with Crippen LogP contribution in [0.2, 0.25) is 0 Å². The number of hydrogen-bond donors (Lipinski definition) is 1. The Hall–Kier alpha value is -1.10. The largest absolute Gasteiger partial charge is 0.401 e. The van der Waals surface area contributed by atoms with Gasteiger partial charge in [-0.3, -0.25) is 0 Å². The molecule has 0 saturated heterocycles. The van der Waals surface area contributed by atoms with Gasteiger partial charge in [0.2, 0.25) is 0 Å². The summed E-state index contributed by atoms with van der Waals surface area (Å²) in [5, 5.41) is 2.14. The molecule has 0 bridgehead atoms. The van der Waals surface area contributed by atoms with E-state index < -0.39 is 18.5 Å². The Morgan fingerprint density at radius 2 is 1.93 bits per heavy atom. The van der Waals surface area contributed by atoms with Crippen LogP contribution >= 0.6 is 0 Å². The molecule has 0 fully saturated rings. The molecule has 1 rings (SSSR count). The van der Waals surface area contributed by atoms with E-state index in [1.54, 1.807) is 19.1 Å². The number of nitrogens with one attached hydrogen (secondary N) is 1. The lowest BCUT2D eigenvalue weighted by molar-refractivity contribution is -0.125. The fraction of sp³-hybridized carbons (Fsp3) is 0.400. The molecule has 0 radical (unpaired) electrons. The Morgan fingerprint density at radius 1 is 1.27 bits per heavy atom. The van der Waals surface area contributed by atoms with Crippen LogP contribution in [0, 0.1) is 12.7 Å². The molecular formula is C10H11F4N. The van der Waals surface area contributed by atoms with Gasteiger partial charge in [-0.05, 0) is 12.5 Å². The van der Waals surface area contributed by atoms with E-state index in [2.05, 4.69) is 5.32 Å². The summed E-state index contributed by atoms with van der Waals surface area (Å²) in [4.78, 5) is 0. The second-order valence-corrected chi connectivity index (χ2v) is 3.27. The van der Waals surface area contributed by atoms with Gasteiger partial charge in [-0.2, -0.15) is 13.2 Å². The summed E-state index contributed by atoms with van der Waals surface area (Å²) in [6.07, 6.45) is -4.26. The van der Waals surface area contributed by atoms with Crippen LogP contribution in [0.4, 0.5) is 17.6 Å². The average Bonchev–Trinajstić information content (AvgIpc) is 2.10. The van der Waals surface area contributed by atoms with Gasteiger partial charge in [0.15, 0.2) is 0 Å². The van der Waals surface area contributed by atoms with Gasteiger partial charge in [-0.1, -0.05) is 18.2 Å². The minimum atomic E-state index is -4.26. The normalized spacial score (nSPS) is 11.8. The molecule has 15 heavy (non-hydrogen) atoms. The van der Waals surface area contributed by atoms with Gasteiger partial charge in [0.25, 0.3) is 0 Å². The molecule has 0 aromatic heterocycles. The predicted octanol–water partition coefficient (Wildman–Crippen LogP) is 2.79. The summed E-state index contributed by atoms with van der Waals surface area (Å²) < 4.78 is 48.6. The second kappa shape index (κ2) is 4.61. The minimum Gasteiger partial charge on any atom is -0.304 e. The summed E-state index contributed by atoms with van der Waals surface area (Å²) >= 11 is 0. The molecular weight excluding hydrogens is 210 g/mol. The highest BCUT2D eigenvalue weighted by atomic mass is 19.4. The van der Waals surface area contributed by atoms with E-state index in [1.165, 1.54) is 6.07 Å². The van der Waals surface area contributed by atoms with Gasteiger partial charge >= 0.3 is 6.18 Å². The van der Waals surface area contributed by atoms with Crippen LogP contribution in [-0.4, -0.2) is 12.7 Å². The summed E-state index contributed by atoms with van der Waals surface area (Å²) in [5.41, 5.74) is 0.681. The number of alkyl halides is 3. The third kappa shape index (κ3) is 3.87. The molecule has 0 aliphatic heterocycles. The molecule has 0 atom stereocenters. The Bertz CT molecular complexity index is 333. The third-order valence-electron chi connectivity index (χ3n) is 1.91. The van der Waals surface area contributed by atoms with E-state index in [0.29, 0.717) is 5.56 Å².